The summed E-state index contributed by atoms with van der Waals surface area (Å²) in [5, 5.41) is 2.00. The Labute approximate surface area is 140 Å². The van der Waals surface area contributed by atoms with Crippen molar-refractivity contribution in [3.63, 3.8) is 0 Å². The zero-order valence-electron chi connectivity index (χ0n) is 11.8. The molecule has 6 nitrogen and oxygen atoms in total. The molecule has 0 spiro atoms. The second kappa shape index (κ2) is 7.34. The predicted octanol–water partition coefficient (Wildman–Crippen LogP) is 3.35. The van der Waals surface area contributed by atoms with Crippen molar-refractivity contribution in [1.82, 2.24) is 9.97 Å². The normalized spacial score (nSPS) is 10.3. The maximum Gasteiger partial charge on any atom is 0.338 e. The molecule has 23 heavy (non-hydrogen) atoms. The Hall–Kier alpha value is -2.25. The van der Waals surface area contributed by atoms with Gasteiger partial charge >= 0.3 is 5.97 Å². The van der Waals surface area contributed by atoms with Gasteiger partial charge in [0.25, 0.3) is 5.91 Å². The highest BCUT2D eigenvalue weighted by Crippen LogP contribution is 2.20. The lowest BCUT2D eigenvalue weighted by atomic mass is 10.2. The van der Waals surface area contributed by atoms with Crippen LogP contribution in [-0.2, 0) is 4.74 Å². The number of hydrogen-bond donors (Lipinski definition) is 1. The summed E-state index contributed by atoms with van der Waals surface area (Å²) in [7, 11) is 0. The molecule has 0 aliphatic heterocycles. The number of carbonyl (C=O) groups excluding carboxylic acids is 2. The summed E-state index contributed by atoms with van der Waals surface area (Å²) in [6.45, 7) is 1.82. The molecule has 9 heteroatoms. The molecular formula is C14H10Cl2FN3O3. The van der Waals surface area contributed by atoms with Crippen LogP contribution in [0.4, 0.5) is 10.1 Å². The van der Waals surface area contributed by atoms with E-state index in [-0.39, 0.29) is 33.9 Å². The van der Waals surface area contributed by atoms with Crippen molar-refractivity contribution in [2.75, 3.05) is 11.9 Å². The van der Waals surface area contributed by atoms with Crippen LogP contribution in [-0.4, -0.2) is 28.5 Å². The number of rotatable bonds is 4. The van der Waals surface area contributed by atoms with Gasteiger partial charge in [-0.1, -0.05) is 11.6 Å². The van der Waals surface area contributed by atoms with Crippen molar-refractivity contribution in [3.05, 3.63) is 51.8 Å². The molecule has 0 saturated carbocycles. The van der Waals surface area contributed by atoms with Gasteiger partial charge < -0.3 is 10.1 Å². The van der Waals surface area contributed by atoms with Crippen LogP contribution in [0, 0.1) is 5.82 Å². The van der Waals surface area contributed by atoms with Crippen LogP contribution in [0.5, 0.6) is 0 Å². The first kappa shape index (κ1) is 17.1. The molecule has 2 aromatic rings. The van der Waals surface area contributed by atoms with Crippen LogP contribution in [0.25, 0.3) is 0 Å². The van der Waals surface area contributed by atoms with E-state index < -0.39 is 17.7 Å². The molecule has 1 amide bonds. The Bertz CT molecular complexity index is 771. The molecule has 2 rings (SSSR count). The van der Waals surface area contributed by atoms with E-state index in [0.29, 0.717) is 0 Å². The number of nitrogens with one attached hydrogen (secondary N) is 1. The molecule has 120 valence electrons. The van der Waals surface area contributed by atoms with E-state index in [2.05, 4.69) is 15.3 Å². The molecule has 0 fully saturated rings. The van der Waals surface area contributed by atoms with E-state index in [1.807, 2.05) is 0 Å². The van der Waals surface area contributed by atoms with Gasteiger partial charge in [-0.05, 0) is 36.7 Å². The number of ether oxygens (including phenoxy) is 1. The summed E-state index contributed by atoms with van der Waals surface area (Å²) in [6, 6.07) is 3.46. The molecule has 0 atom stereocenters. The predicted molar refractivity (Wildman–Crippen MR) is 82.4 cm³/mol. The van der Waals surface area contributed by atoms with Gasteiger partial charge in [0.05, 0.1) is 23.4 Å². The second-order valence-electron chi connectivity index (χ2n) is 4.21. The topological polar surface area (TPSA) is 81.2 Å². The fourth-order valence-electron chi connectivity index (χ4n) is 1.65. The fourth-order valence-corrected chi connectivity index (χ4v) is 2.04. The molecule has 0 aliphatic carbocycles. The Morgan fingerprint density at radius 2 is 2.09 bits per heavy atom. The number of aromatic nitrogens is 2. The third-order valence-corrected chi connectivity index (χ3v) is 3.15. The number of amides is 1. The zero-order chi connectivity index (χ0) is 17.0. The first-order valence-corrected chi connectivity index (χ1v) is 7.14. The number of anilines is 1. The van der Waals surface area contributed by atoms with E-state index in [9.17, 15) is 14.0 Å². The van der Waals surface area contributed by atoms with Gasteiger partial charge in [0.2, 0.25) is 5.28 Å². The highest BCUT2D eigenvalue weighted by Gasteiger charge is 2.17. The third-order valence-electron chi connectivity index (χ3n) is 2.68. The van der Waals surface area contributed by atoms with E-state index >= 15 is 0 Å². The fraction of sp³-hybridized carbons (Fsp3) is 0.143. The van der Waals surface area contributed by atoms with E-state index in [1.54, 1.807) is 6.92 Å². The molecular weight excluding hydrogens is 348 g/mol. The van der Waals surface area contributed by atoms with Gasteiger partial charge in [-0.2, -0.15) is 0 Å². The van der Waals surface area contributed by atoms with E-state index in [1.165, 1.54) is 6.07 Å². The number of halogens is 3. The number of nitrogens with zero attached hydrogens (tertiary/aromatic N) is 2. The van der Waals surface area contributed by atoms with E-state index in [0.717, 1.165) is 18.3 Å². The minimum absolute atomic E-state index is 0.0861. The number of carbonyl (C=O) groups is 2. The van der Waals surface area contributed by atoms with E-state index in [4.69, 9.17) is 27.9 Å². The van der Waals surface area contributed by atoms with Crippen molar-refractivity contribution in [2.45, 2.75) is 6.92 Å². The van der Waals surface area contributed by atoms with Crippen molar-refractivity contribution in [2.24, 2.45) is 0 Å². The van der Waals surface area contributed by atoms with Gasteiger partial charge in [-0.15, -0.1) is 0 Å². The second-order valence-corrected chi connectivity index (χ2v) is 4.91. The summed E-state index contributed by atoms with van der Waals surface area (Å²) in [5.74, 6) is -2.10. The molecule has 1 aromatic carbocycles. The quantitative estimate of drug-likeness (QED) is 0.515. The van der Waals surface area contributed by atoms with Crippen LogP contribution >= 0.6 is 23.2 Å². The van der Waals surface area contributed by atoms with Crippen molar-refractivity contribution >= 4 is 40.8 Å². The smallest absolute Gasteiger partial charge is 0.338 e. The first-order chi connectivity index (χ1) is 10.9. The number of hydrogen-bond acceptors (Lipinski definition) is 5. The van der Waals surface area contributed by atoms with Crippen LogP contribution < -0.4 is 5.32 Å². The first-order valence-electron chi connectivity index (χ1n) is 6.38. The van der Waals surface area contributed by atoms with Gasteiger partial charge in [-0.3, -0.25) is 4.79 Å². The molecule has 1 aromatic heterocycles. The summed E-state index contributed by atoms with van der Waals surface area (Å²) in [4.78, 5) is 31.0. The summed E-state index contributed by atoms with van der Waals surface area (Å²) < 4.78 is 18.6. The molecule has 0 bridgehead atoms. The van der Waals surface area contributed by atoms with Crippen LogP contribution in [0.1, 0.15) is 27.6 Å². The standard InChI is InChI=1S/C14H10Cl2FN3O3/c1-2-23-13(22)7-3-4-9(17)10(5-7)19-12(21)8-6-18-14(16)20-11(8)15/h3-6H,2H2,1H3,(H,19,21). The van der Waals surface area contributed by atoms with Gasteiger partial charge in [0.15, 0.2) is 0 Å². The maximum absolute atomic E-state index is 13.8. The lowest BCUT2D eigenvalue weighted by molar-refractivity contribution is 0.0526. The molecule has 0 unspecified atom stereocenters. The van der Waals surface area contributed by atoms with Crippen LogP contribution in [0.3, 0.4) is 0 Å². The monoisotopic (exact) mass is 357 g/mol. The molecule has 1 N–H and O–H groups in total. The maximum atomic E-state index is 13.8. The van der Waals surface area contributed by atoms with Crippen molar-refractivity contribution in [3.8, 4) is 0 Å². The minimum Gasteiger partial charge on any atom is -0.462 e. The average Bonchev–Trinajstić information content (AvgIpc) is 2.49. The minimum atomic E-state index is -0.744. The molecule has 0 aliphatic rings. The van der Waals surface area contributed by atoms with Crippen LogP contribution in [0.15, 0.2) is 24.4 Å². The average molecular weight is 358 g/mol. The SMILES string of the molecule is CCOC(=O)c1ccc(F)c(NC(=O)c2cnc(Cl)nc2Cl)c1. The molecule has 0 radical (unpaired) electrons. The van der Waals surface area contributed by atoms with Crippen LogP contribution in [0.2, 0.25) is 10.4 Å². The van der Waals surface area contributed by atoms with Gasteiger partial charge in [-0.25, -0.2) is 19.2 Å². The number of benzene rings is 1. The molecule has 0 saturated heterocycles. The summed E-state index contributed by atoms with van der Waals surface area (Å²) in [6.07, 6.45) is 1.11. The Morgan fingerprint density at radius 3 is 2.74 bits per heavy atom. The van der Waals surface area contributed by atoms with Gasteiger partial charge in [0.1, 0.15) is 11.0 Å². The summed E-state index contributed by atoms with van der Waals surface area (Å²) in [5.41, 5.74) is -0.189. The Kier molecular flexibility index (Phi) is 5.46. The Balaban J connectivity index is 2.26. The highest BCUT2D eigenvalue weighted by atomic mass is 35.5. The zero-order valence-corrected chi connectivity index (χ0v) is 13.3. The highest BCUT2D eigenvalue weighted by molar-refractivity contribution is 6.34. The van der Waals surface area contributed by atoms with Gasteiger partial charge in [0, 0.05) is 6.20 Å². The number of esters is 1. The largest absolute Gasteiger partial charge is 0.462 e. The summed E-state index contributed by atoms with van der Waals surface area (Å²) >= 11 is 11.3. The third kappa shape index (κ3) is 4.14. The van der Waals surface area contributed by atoms with Crippen molar-refractivity contribution < 1.29 is 18.7 Å². The lowest BCUT2D eigenvalue weighted by Gasteiger charge is -2.09. The Morgan fingerprint density at radius 1 is 1.35 bits per heavy atom. The van der Waals surface area contributed by atoms with Crippen molar-refractivity contribution in [1.29, 1.82) is 0 Å². The molecule has 1 heterocycles. The lowest BCUT2D eigenvalue weighted by Crippen LogP contribution is -2.15.